The number of rotatable bonds is 0. The average molecular weight is 243 g/mol. The van der Waals surface area contributed by atoms with Gasteiger partial charge in [-0.05, 0) is 31.6 Å². The molecule has 0 amide bonds. The highest BCUT2D eigenvalue weighted by Crippen LogP contribution is 2.50. The zero-order chi connectivity index (χ0) is 12.3. The predicted octanol–water partition coefficient (Wildman–Crippen LogP) is 1.74. The van der Waals surface area contributed by atoms with E-state index in [1.165, 1.54) is 37.4 Å². The number of benzene rings is 1. The van der Waals surface area contributed by atoms with Gasteiger partial charge in [-0.3, -0.25) is 0 Å². The molecule has 0 N–H and O–H groups in total. The van der Waals surface area contributed by atoms with E-state index >= 15 is 0 Å². The largest absolute Gasteiger partial charge is 0.371 e. The van der Waals surface area contributed by atoms with E-state index in [4.69, 9.17) is 0 Å². The van der Waals surface area contributed by atoms with Gasteiger partial charge in [-0.1, -0.05) is 12.1 Å². The topological polar surface area (TPSA) is 9.72 Å². The summed E-state index contributed by atoms with van der Waals surface area (Å²) in [4.78, 5) is 7.60. The Hall–Kier alpha value is -1.22. The molecule has 0 spiro atoms. The SMILES string of the molecule is CN1CCC2C(C1)c1cccc3c1N2CCN3C. The van der Waals surface area contributed by atoms with Crippen molar-refractivity contribution in [2.24, 2.45) is 0 Å². The second-order valence-corrected chi connectivity index (χ2v) is 6.05. The van der Waals surface area contributed by atoms with Crippen LogP contribution in [-0.2, 0) is 0 Å². The van der Waals surface area contributed by atoms with Crippen LogP contribution < -0.4 is 9.80 Å². The first kappa shape index (κ1) is 10.7. The molecule has 3 nitrogen and oxygen atoms in total. The molecule has 1 fully saturated rings. The normalized spacial score (nSPS) is 30.3. The Morgan fingerprint density at radius 2 is 2.00 bits per heavy atom. The summed E-state index contributed by atoms with van der Waals surface area (Å²) in [5.41, 5.74) is 4.57. The average Bonchev–Trinajstić information content (AvgIpc) is 2.69. The van der Waals surface area contributed by atoms with Crippen LogP contribution in [0.1, 0.15) is 17.9 Å². The van der Waals surface area contributed by atoms with Gasteiger partial charge in [0.2, 0.25) is 0 Å². The molecule has 3 aliphatic heterocycles. The molecule has 2 unspecified atom stereocenters. The summed E-state index contributed by atoms with van der Waals surface area (Å²) >= 11 is 0. The van der Waals surface area contributed by atoms with Crippen molar-refractivity contribution in [3.63, 3.8) is 0 Å². The van der Waals surface area contributed by atoms with E-state index in [9.17, 15) is 0 Å². The van der Waals surface area contributed by atoms with E-state index < -0.39 is 0 Å². The molecule has 18 heavy (non-hydrogen) atoms. The minimum absolute atomic E-state index is 0.727. The summed E-state index contributed by atoms with van der Waals surface area (Å²) in [6, 6.07) is 7.64. The second-order valence-electron chi connectivity index (χ2n) is 6.05. The molecule has 96 valence electrons. The highest BCUT2D eigenvalue weighted by molar-refractivity contribution is 5.80. The Labute approximate surface area is 109 Å². The Bertz CT molecular complexity index is 485. The van der Waals surface area contributed by atoms with Crippen LogP contribution in [0.2, 0.25) is 0 Å². The van der Waals surface area contributed by atoms with E-state index in [1.54, 1.807) is 5.56 Å². The molecule has 2 atom stereocenters. The third-order valence-corrected chi connectivity index (χ3v) is 5.00. The van der Waals surface area contributed by atoms with Crippen molar-refractivity contribution in [2.75, 3.05) is 50.1 Å². The lowest BCUT2D eigenvalue weighted by molar-refractivity contribution is 0.231. The number of hydrogen-bond donors (Lipinski definition) is 0. The molecule has 1 saturated heterocycles. The molecular formula is C15H21N3. The predicted molar refractivity (Wildman–Crippen MR) is 75.7 cm³/mol. The first-order chi connectivity index (χ1) is 8.75. The van der Waals surface area contributed by atoms with Crippen LogP contribution in [0.25, 0.3) is 0 Å². The van der Waals surface area contributed by atoms with Crippen molar-refractivity contribution in [1.29, 1.82) is 0 Å². The number of anilines is 2. The standard InChI is InChI=1S/C15H21N3/c1-16-7-6-13-12(10-16)11-4-3-5-14-15(11)18(13)9-8-17(14)2/h3-5,12-13H,6-10H2,1-2H3. The van der Waals surface area contributed by atoms with Crippen LogP contribution in [0, 0.1) is 0 Å². The Morgan fingerprint density at radius 1 is 1.11 bits per heavy atom. The van der Waals surface area contributed by atoms with Gasteiger partial charge in [-0.2, -0.15) is 0 Å². The van der Waals surface area contributed by atoms with Crippen molar-refractivity contribution >= 4 is 11.4 Å². The summed E-state index contributed by atoms with van der Waals surface area (Å²) in [6.45, 7) is 4.83. The van der Waals surface area contributed by atoms with E-state index in [2.05, 4.69) is 47.0 Å². The fourth-order valence-corrected chi connectivity index (χ4v) is 4.07. The van der Waals surface area contributed by atoms with Crippen molar-refractivity contribution in [3.05, 3.63) is 23.8 Å². The molecule has 0 bridgehead atoms. The lowest BCUT2D eigenvalue weighted by Gasteiger charge is -2.40. The van der Waals surface area contributed by atoms with Gasteiger partial charge >= 0.3 is 0 Å². The summed E-state index contributed by atoms with van der Waals surface area (Å²) in [5.74, 6) is 0.727. The lowest BCUT2D eigenvalue weighted by atomic mass is 9.89. The number of para-hydroxylation sites is 1. The molecule has 0 aliphatic carbocycles. The van der Waals surface area contributed by atoms with Crippen molar-refractivity contribution in [1.82, 2.24) is 4.90 Å². The van der Waals surface area contributed by atoms with Crippen LogP contribution in [0.3, 0.4) is 0 Å². The number of likely N-dealkylation sites (tertiary alicyclic amines) is 1. The molecule has 3 aliphatic rings. The highest BCUT2D eigenvalue weighted by Gasteiger charge is 2.43. The molecule has 0 aromatic heterocycles. The van der Waals surface area contributed by atoms with Gasteiger partial charge in [0.15, 0.2) is 0 Å². The third-order valence-electron chi connectivity index (χ3n) is 5.00. The minimum atomic E-state index is 0.727. The first-order valence-electron chi connectivity index (χ1n) is 7.05. The molecule has 1 aromatic carbocycles. The van der Waals surface area contributed by atoms with Crippen molar-refractivity contribution in [2.45, 2.75) is 18.4 Å². The first-order valence-corrected chi connectivity index (χ1v) is 7.05. The summed E-state index contributed by atoms with van der Waals surface area (Å²) < 4.78 is 0. The van der Waals surface area contributed by atoms with E-state index in [1.807, 2.05) is 0 Å². The van der Waals surface area contributed by atoms with Gasteiger partial charge in [-0.15, -0.1) is 0 Å². The van der Waals surface area contributed by atoms with Gasteiger partial charge in [-0.25, -0.2) is 0 Å². The maximum absolute atomic E-state index is 2.70. The number of nitrogens with zero attached hydrogens (tertiary/aromatic N) is 3. The van der Waals surface area contributed by atoms with E-state index in [0.717, 1.165) is 18.5 Å². The van der Waals surface area contributed by atoms with Gasteiger partial charge in [0.1, 0.15) is 0 Å². The molecular weight excluding hydrogens is 222 g/mol. The van der Waals surface area contributed by atoms with Gasteiger partial charge in [0, 0.05) is 38.6 Å². The maximum atomic E-state index is 2.70. The number of hydrogen-bond acceptors (Lipinski definition) is 3. The number of likely N-dealkylation sites (N-methyl/N-ethyl adjacent to an activating group) is 2. The molecule has 3 heterocycles. The molecule has 3 heteroatoms. The van der Waals surface area contributed by atoms with E-state index in [-0.39, 0.29) is 0 Å². The Morgan fingerprint density at radius 3 is 2.89 bits per heavy atom. The quantitative estimate of drug-likeness (QED) is 0.687. The summed E-state index contributed by atoms with van der Waals surface area (Å²) in [7, 11) is 4.48. The molecule has 0 saturated carbocycles. The summed E-state index contributed by atoms with van der Waals surface area (Å²) in [5, 5.41) is 0. The Balaban J connectivity index is 1.85. The summed E-state index contributed by atoms with van der Waals surface area (Å²) in [6.07, 6.45) is 1.32. The number of piperidine rings is 1. The lowest BCUT2D eigenvalue weighted by Crippen LogP contribution is -2.48. The zero-order valence-electron chi connectivity index (χ0n) is 11.3. The van der Waals surface area contributed by atoms with E-state index in [0.29, 0.717) is 0 Å². The highest BCUT2D eigenvalue weighted by atomic mass is 15.3. The van der Waals surface area contributed by atoms with Crippen LogP contribution in [-0.4, -0.2) is 51.2 Å². The van der Waals surface area contributed by atoms with Gasteiger partial charge in [0.25, 0.3) is 0 Å². The van der Waals surface area contributed by atoms with Crippen LogP contribution >= 0.6 is 0 Å². The second kappa shape index (κ2) is 3.64. The van der Waals surface area contributed by atoms with Crippen LogP contribution in [0.15, 0.2) is 18.2 Å². The number of fused-ring (bicyclic) bond motifs is 3. The van der Waals surface area contributed by atoms with Crippen LogP contribution in [0.5, 0.6) is 0 Å². The fourth-order valence-electron chi connectivity index (χ4n) is 4.07. The maximum Gasteiger partial charge on any atom is 0.0644 e. The van der Waals surface area contributed by atoms with Gasteiger partial charge in [0.05, 0.1) is 11.4 Å². The fraction of sp³-hybridized carbons (Fsp3) is 0.600. The minimum Gasteiger partial charge on any atom is -0.371 e. The smallest absolute Gasteiger partial charge is 0.0644 e. The van der Waals surface area contributed by atoms with Crippen LogP contribution in [0.4, 0.5) is 11.4 Å². The van der Waals surface area contributed by atoms with Crippen molar-refractivity contribution < 1.29 is 0 Å². The van der Waals surface area contributed by atoms with Gasteiger partial charge < -0.3 is 14.7 Å². The third kappa shape index (κ3) is 1.28. The monoisotopic (exact) mass is 243 g/mol. The molecule has 4 rings (SSSR count). The Kier molecular flexibility index (Phi) is 2.16. The van der Waals surface area contributed by atoms with Crippen molar-refractivity contribution in [3.8, 4) is 0 Å². The molecule has 1 aromatic rings. The molecule has 0 radical (unpaired) electrons. The zero-order valence-corrected chi connectivity index (χ0v) is 11.3.